The van der Waals surface area contributed by atoms with Gasteiger partial charge in [-0.3, -0.25) is 0 Å². The van der Waals surface area contributed by atoms with Crippen LogP contribution in [0.4, 0.5) is 0 Å². The van der Waals surface area contributed by atoms with E-state index in [9.17, 15) is 0 Å². The van der Waals surface area contributed by atoms with Gasteiger partial charge in [0, 0.05) is 33.9 Å². The molecule has 0 fully saturated rings. The molecule has 6 heteroatoms. The molecule has 70 valence electrons. The van der Waals surface area contributed by atoms with Gasteiger partial charge in [-0.05, 0) is 6.42 Å². The quantitative estimate of drug-likeness (QED) is 0.418. The van der Waals surface area contributed by atoms with Crippen LogP contribution in [0.15, 0.2) is 0 Å². The van der Waals surface area contributed by atoms with E-state index in [2.05, 4.69) is 11.4 Å². The molecule has 0 unspecified atom stereocenters. The summed E-state index contributed by atoms with van der Waals surface area (Å²) in [6.45, 7) is 3.48. The second-order valence-corrected chi connectivity index (χ2v) is 2.82. The van der Waals surface area contributed by atoms with Gasteiger partial charge in [-0.2, -0.15) is 0 Å². The summed E-state index contributed by atoms with van der Waals surface area (Å²) in [5.74, 6) is 0. The average Bonchev–Trinajstić information content (AvgIpc) is 1.96. The SMILES string of the molecule is CCCCOCCOP(O)O.[Cd]. The van der Waals surface area contributed by atoms with Crippen LogP contribution in [0.25, 0.3) is 0 Å². The maximum absolute atomic E-state index is 8.30. The van der Waals surface area contributed by atoms with Gasteiger partial charge in [-0.1, -0.05) is 13.3 Å². The van der Waals surface area contributed by atoms with Crippen molar-refractivity contribution in [1.29, 1.82) is 0 Å². The predicted molar refractivity (Wildman–Crippen MR) is 43.0 cm³/mol. The summed E-state index contributed by atoms with van der Waals surface area (Å²) in [7, 11) is -2.20. The van der Waals surface area contributed by atoms with Gasteiger partial charge >= 0.3 is 8.60 Å². The molecule has 0 bridgehead atoms. The number of rotatable bonds is 7. The average molecular weight is 295 g/mol. The maximum atomic E-state index is 8.30. The topological polar surface area (TPSA) is 58.9 Å². The molecule has 4 nitrogen and oxygen atoms in total. The molecule has 0 atom stereocenters. The van der Waals surface area contributed by atoms with Gasteiger partial charge in [0.1, 0.15) is 0 Å². The summed E-state index contributed by atoms with van der Waals surface area (Å²) in [5.41, 5.74) is 0. The van der Waals surface area contributed by atoms with E-state index in [1.807, 2.05) is 0 Å². The van der Waals surface area contributed by atoms with Crippen molar-refractivity contribution in [2.45, 2.75) is 19.8 Å². The third-order valence-electron chi connectivity index (χ3n) is 1.08. The fraction of sp³-hybridized carbons (Fsp3) is 1.00. The zero-order chi connectivity index (χ0) is 8.53. The van der Waals surface area contributed by atoms with Crippen molar-refractivity contribution in [1.82, 2.24) is 0 Å². The molecule has 0 saturated heterocycles. The van der Waals surface area contributed by atoms with Crippen LogP contribution in [0, 0.1) is 0 Å². The molecule has 0 aromatic heterocycles. The van der Waals surface area contributed by atoms with Crippen molar-refractivity contribution in [2.75, 3.05) is 19.8 Å². The van der Waals surface area contributed by atoms with E-state index in [0.717, 1.165) is 12.8 Å². The second-order valence-electron chi connectivity index (χ2n) is 2.05. The Balaban J connectivity index is 0. The summed E-state index contributed by atoms with van der Waals surface area (Å²) >= 11 is 0. The molecule has 0 rings (SSSR count). The van der Waals surface area contributed by atoms with Crippen molar-refractivity contribution in [3.63, 3.8) is 0 Å². The minimum atomic E-state index is -2.20. The van der Waals surface area contributed by atoms with E-state index in [4.69, 9.17) is 14.5 Å². The van der Waals surface area contributed by atoms with Gasteiger partial charge in [-0.15, -0.1) is 0 Å². The van der Waals surface area contributed by atoms with Crippen LogP contribution in [-0.4, -0.2) is 29.6 Å². The molecule has 0 radical (unpaired) electrons. The summed E-state index contributed by atoms with van der Waals surface area (Å²) < 4.78 is 9.56. The van der Waals surface area contributed by atoms with E-state index < -0.39 is 8.60 Å². The first kappa shape index (κ1) is 15.7. The third kappa shape index (κ3) is 13.8. The molecule has 0 amide bonds. The number of ether oxygens (including phenoxy) is 1. The first-order valence-corrected chi connectivity index (χ1v) is 4.82. The first-order chi connectivity index (χ1) is 5.27. The molecule has 0 aliphatic rings. The Hall–Kier alpha value is 1.19. The molecule has 0 heterocycles. The van der Waals surface area contributed by atoms with Gasteiger partial charge < -0.3 is 19.0 Å². The van der Waals surface area contributed by atoms with Crippen LogP contribution in [0.1, 0.15) is 19.8 Å². The molecular weight excluding hydrogens is 279 g/mol. The minimum Gasteiger partial charge on any atom is -0.379 e. The first-order valence-electron chi connectivity index (χ1n) is 3.66. The molecule has 0 aromatic carbocycles. The van der Waals surface area contributed by atoms with Gasteiger partial charge in [0.15, 0.2) is 0 Å². The van der Waals surface area contributed by atoms with E-state index in [1.165, 1.54) is 0 Å². The fourth-order valence-corrected chi connectivity index (χ4v) is 0.764. The van der Waals surface area contributed by atoms with Crippen LogP contribution in [0.2, 0.25) is 0 Å². The predicted octanol–water partition coefficient (Wildman–Crippen LogP) is 1.03. The molecule has 0 aliphatic carbocycles. The van der Waals surface area contributed by atoms with Gasteiger partial charge in [-0.25, -0.2) is 0 Å². The van der Waals surface area contributed by atoms with Gasteiger partial charge in [0.25, 0.3) is 0 Å². The van der Waals surface area contributed by atoms with Crippen molar-refractivity contribution < 1.29 is 46.3 Å². The molecule has 12 heavy (non-hydrogen) atoms. The summed E-state index contributed by atoms with van der Waals surface area (Å²) in [6, 6.07) is 0. The van der Waals surface area contributed by atoms with Crippen LogP contribution in [-0.2, 0) is 36.6 Å². The van der Waals surface area contributed by atoms with E-state index in [1.54, 1.807) is 0 Å². The van der Waals surface area contributed by atoms with Gasteiger partial charge in [0.05, 0.1) is 13.2 Å². The molecule has 0 aromatic rings. The Kier molecular flexibility index (Phi) is 15.9. The summed E-state index contributed by atoms with van der Waals surface area (Å²) in [6.07, 6.45) is 2.14. The minimum absolute atomic E-state index is 0. The van der Waals surface area contributed by atoms with Crippen molar-refractivity contribution in [3.8, 4) is 0 Å². The van der Waals surface area contributed by atoms with Crippen LogP contribution in [0.3, 0.4) is 0 Å². The Labute approximate surface area is 94.4 Å². The van der Waals surface area contributed by atoms with Gasteiger partial charge in [0.2, 0.25) is 0 Å². The van der Waals surface area contributed by atoms with Crippen LogP contribution >= 0.6 is 8.60 Å². The zero-order valence-corrected chi connectivity index (χ0v) is 12.3. The Bertz CT molecular complexity index is 83.9. The maximum Gasteiger partial charge on any atom is 0.327 e. The molecule has 0 saturated carbocycles. The Morgan fingerprint density at radius 1 is 1.17 bits per heavy atom. The fourth-order valence-electron chi connectivity index (χ4n) is 0.526. The Morgan fingerprint density at radius 2 is 1.83 bits per heavy atom. The standard InChI is InChI=1S/C6H15O4P.Cd/c1-2-3-4-9-5-6-10-11(7)8;/h7-8H,2-6H2,1H3;. The summed E-state index contributed by atoms with van der Waals surface area (Å²) in [4.78, 5) is 16.6. The second kappa shape index (κ2) is 12.2. The third-order valence-corrected chi connectivity index (χ3v) is 1.49. The van der Waals surface area contributed by atoms with Crippen molar-refractivity contribution >= 4 is 8.60 Å². The molecule has 0 aliphatic heterocycles. The Morgan fingerprint density at radius 3 is 2.33 bits per heavy atom. The van der Waals surface area contributed by atoms with E-state index in [0.29, 0.717) is 13.2 Å². The van der Waals surface area contributed by atoms with Crippen molar-refractivity contribution in [2.24, 2.45) is 0 Å². The number of unbranched alkanes of at least 4 members (excludes halogenated alkanes) is 1. The zero-order valence-electron chi connectivity index (χ0n) is 7.40. The largest absolute Gasteiger partial charge is 0.379 e. The van der Waals surface area contributed by atoms with Crippen LogP contribution < -0.4 is 0 Å². The smallest absolute Gasteiger partial charge is 0.327 e. The summed E-state index contributed by atoms with van der Waals surface area (Å²) in [5, 5.41) is 0. The molecule has 2 N–H and O–H groups in total. The van der Waals surface area contributed by atoms with Crippen LogP contribution in [0.5, 0.6) is 0 Å². The normalized spacial score (nSPS) is 10.0. The van der Waals surface area contributed by atoms with E-state index >= 15 is 0 Å². The molecular formula is C6H15CdO4P. The monoisotopic (exact) mass is 296 g/mol. The van der Waals surface area contributed by atoms with Crippen molar-refractivity contribution in [3.05, 3.63) is 0 Å². The van der Waals surface area contributed by atoms with E-state index in [-0.39, 0.29) is 33.9 Å². The molecule has 0 spiro atoms. The number of hydrogen-bond acceptors (Lipinski definition) is 4. The number of hydrogen-bond donors (Lipinski definition) is 2.